The van der Waals surface area contributed by atoms with Crippen molar-refractivity contribution in [3.8, 4) is 5.75 Å². The maximum Gasteiger partial charge on any atom is 0.242 e. The molecule has 2 aromatic carbocycles. The third-order valence-corrected chi connectivity index (χ3v) is 4.80. The minimum Gasteiger partial charge on any atom is -0.497 e. The Bertz CT molecular complexity index is 930. The van der Waals surface area contributed by atoms with Crippen LogP contribution in [0.4, 0.5) is 0 Å². The van der Waals surface area contributed by atoms with Crippen LogP contribution in [-0.2, 0) is 11.3 Å². The fourth-order valence-corrected chi connectivity index (χ4v) is 3.72. The van der Waals surface area contributed by atoms with E-state index in [1.54, 1.807) is 7.11 Å². The smallest absolute Gasteiger partial charge is 0.242 e. The van der Waals surface area contributed by atoms with Gasteiger partial charge in [0, 0.05) is 35.4 Å². The van der Waals surface area contributed by atoms with E-state index in [1.165, 1.54) is 5.39 Å². The van der Waals surface area contributed by atoms with Crippen LogP contribution in [0.25, 0.3) is 21.8 Å². The van der Waals surface area contributed by atoms with Crippen molar-refractivity contribution in [2.45, 2.75) is 34.2 Å². The van der Waals surface area contributed by atoms with E-state index < -0.39 is 0 Å². The number of aromatic nitrogens is 1. The number of para-hydroxylation sites is 1. The van der Waals surface area contributed by atoms with E-state index in [0.717, 1.165) is 35.3 Å². The Labute approximate surface area is 161 Å². The van der Waals surface area contributed by atoms with Crippen molar-refractivity contribution in [3.63, 3.8) is 0 Å². The van der Waals surface area contributed by atoms with Gasteiger partial charge in [-0.05, 0) is 30.0 Å². The number of hydrogen-bond donors (Lipinski definition) is 0. The predicted molar refractivity (Wildman–Crippen MR) is 112 cm³/mol. The van der Waals surface area contributed by atoms with E-state index in [2.05, 4.69) is 50.5 Å². The number of rotatable bonds is 7. The zero-order valence-corrected chi connectivity index (χ0v) is 17.0. The molecule has 0 saturated heterocycles. The van der Waals surface area contributed by atoms with Gasteiger partial charge in [-0.3, -0.25) is 4.79 Å². The van der Waals surface area contributed by atoms with Crippen LogP contribution in [0.15, 0.2) is 42.5 Å². The summed E-state index contributed by atoms with van der Waals surface area (Å²) >= 11 is 0. The van der Waals surface area contributed by atoms with Crippen LogP contribution < -0.4 is 4.74 Å². The van der Waals surface area contributed by atoms with Gasteiger partial charge in [0.05, 0.1) is 12.6 Å². The van der Waals surface area contributed by atoms with Crippen molar-refractivity contribution in [1.29, 1.82) is 0 Å². The molecular weight excluding hydrogens is 336 g/mol. The average molecular weight is 367 g/mol. The van der Waals surface area contributed by atoms with E-state index in [-0.39, 0.29) is 5.91 Å². The number of benzene rings is 2. The number of hydrogen-bond acceptors (Lipinski definition) is 2. The van der Waals surface area contributed by atoms with Gasteiger partial charge in [0.15, 0.2) is 0 Å². The van der Waals surface area contributed by atoms with Crippen molar-refractivity contribution in [2.24, 2.45) is 11.8 Å². The Morgan fingerprint density at radius 3 is 2.22 bits per heavy atom. The average Bonchev–Trinajstić information content (AvgIpc) is 2.93. The molecule has 0 bridgehead atoms. The summed E-state index contributed by atoms with van der Waals surface area (Å²) in [6, 6.07) is 14.4. The van der Waals surface area contributed by atoms with Crippen LogP contribution in [0, 0.1) is 11.8 Å². The summed E-state index contributed by atoms with van der Waals surface area (Å²) in [5.41, 5.74) is 2.13. The van der Waals surface area contributed by atoms with E-state index in [4.69, 9.17) is 4.74 Å². The Morgan fingerprint density at radius 2 is 1.59 bits per heavy atom. The summed E-state index contributed by atoms with van der Waals surface area (Å²) in [4.78, 5) is 15.2. The van der Waals surface area contributed by atoms with Crippen molar-refractivity contribution >= 4 is 27.7 Å². The second kappa shape index (κ2) is 8.03. The van der Waals surface area contributed by atoms with E-state index in [9.17, 15) is 4.79 Å². The predicted octanol–water partition coefficient (Wildman–Crippen LogP) is 4.94. The molecule has 0 aliphatic carbocycles. The first-order valence-electron chi connectivity index (χ1n) is 9.73. The molecule has 144 valence electrons. The molecule has 27 heavy (non-hydrogen) atoms. The number of carbonyl (C=O) groups excluding carboxylic acids is 1. The van der Waals surface area contributed by atoms with Gasteiger partial charge in [0.1, 0.15) is 12.3 Å². The fraction of sp³-hybridized carbons (Fsp3) is 0.435. The lowest BCUT2D eigenvalue weighted by Crippen LogP contribution is -2.39. The number of methoxy groups -OCH3 is 1. The Balaban J connectivity index is 2.04. The molecule has 3 rings (SSSR count). The molecule has 0 aliphatic heterocycles. The Kier molecular flexibility index (Phi) is 5.73. The lowest BCUT2D eigenvalue weighted by Gasteiger charge is -2.27. The summed E-state index contributed by atoms with van der Waals surface area (Å²) in [5, 5.41) is 2.32. The SMILES string of the molecule is COc1ccc2c3ccccc3n(CC(=O)N(CC(C)C)CC(C)C)c2c1. The highest BCUT2D eigenvalue weighted by Crippen LogP contribution is 2.31. The van der Waals surface area contributed by atoms with Crippen LogP contribution in [0.2, 0.25) is 0 Å². The Morgan fingerprint density at radius 1 is 0.963 bits per heavy atom. The molecule has 3 aromatic rings. The monoisotopic (exact) mass is 366 g/mol. The second-order valence-electron chi connectivity index (χ2n) is 8.07. The first-order valence-corrected chi connectivity index (χ1v) is 9.73. The molecule has 0 N–H and O–H groups in total. The molecule has 1 aromatic heterocycles. The van der Waals surface area contributed by atoms with Gasteiger partial charge < -0.3 is 14.2 Å². The topological polar surface area (TPSA) is 34.5 Å². The summed E-state index contributed by atoms with van der Waals surface area (Å²) in [6.07, 6.45) is 0. The highest BCUT2D eigenvalue weighted by Gasteiger charge is 2.19. The summed E-state index contributed by atoms with van der Waals surface area (Å²) in [7, 11) is 1.67. The minimum atomic E-state index is 0.169. The largest absolute Gasteiger partial charge is 0.497 e. The Hall–Kier alpha value is -2.49. The molecule has 1 amide bonds. The number of carbonyl (C=O) groups is 1. The third kappa shape index (κ3) is 4.10. The van der Waals surface area contributed by atoms with Crippen molar-refractivity contribution in [2.75, 3.05) is 20.2 Å². The fourth-order valence-electron chi connectivity index (χ4n) is 3.72. The van der Waals surface area contributed by atoms with E-state index >= 15 is 0 Å². The normalized spacial score (nSPS) is 11.7. The summed E-state index contributed by atoms with van der Waals surface area (Å²) < 4.78 is 7.55. The van der Waals surface area contributed by atoms with Gasteiger partial charge in [-0.1, -0.05) is 45.9 Å². The first kappa shape index (κ1) is 19.3. The van der Waals surface area contributed by atoms with Crippen LogP contribution in [-0.4, -0.2) is 35.6 Å². The van der Waals surface area contributed by atoms with Crippen molar-refractivity contribution < 1.29 is 9.53 Å². The molecule has 0 unspecified atom stereocenters. The van der Waals surface area contributed by atoms with Gasteiger partial charge in [-0.25, -0.2) is 0 Å². The molecule has 0 atom stereocenters. The van der Waals surface area contributed by atoms with E-state index in [1.807, 2.05) is 29.2 Å². The molecular formula is C23H30N2O2. The van der Waals surface area contributed by atoms with Gasteiger partial charge in [0.2, 0.25) is 5.91 Å². The maximum absolute atomic E-state index is 13.2. The quantitative estimate of drug-likeness (QED) is 0.593. The number of ether oxygens (including phenoxy) is 1. The molecule has 0 aliphatic rings. The third-order valence-electron chi connectivity index (χ3n) is 4.80. The molecule has 0 spiro atoms. The molecule has 0 radical (unpaired) electrons. The minimum absolute atomic E-state index is 0.169. The van der Waals surface area contributed by atoms with Crippen molar-refractivity contribution in [1.82, 2.24) is 9.47 Å². The number of nitrogens with zero attached hydrogens (tertiary/aromatic N) is 2. The first-order chi connectivity index (χ1) is 12.9. The lowest BCUT2D eigenvalue weighted by atomic mass is 10.1. The highest BCUT2D eigenvalue weighted by atomic mass is 16.5. The van der Waals surface area contributed by atoms with Gasteiger partial charge in [-0.2, -0.15) is 0 Å². The van der Waals surface area contributed by atoms with Crippen LogP contribution >= 0.6 is 0 Å². The highest BCUT2D eigenvalue weighted by molar-refractivity contribution is 6.09. The van der Waals surface area contributed by atoms with Gasteiger partial charge in [0.25, 0.3) is 0 Å². The number of fused-ring (bicyclic) bond motifs is 3. The second-order valence-corrected chi connectivity index (χ2v) is 8.07. The zero-order valence-electron chi connectivity index (χ0n) is 17.0. The van der Waals surface area contributed by atoms with Crippen LogP contribution in [0.1, 0.15) is 27.7 Å². The molecule has 0 saturated carbocycles. The summed E-state index contributed by atoms with van der Waals surface area (Å²) in [5.74, 6) is 1.87. The lowest BCUT2D eigenvalue weighted by molar-refractivity contribution is -0.132. The standard InChI is InChI=1S/C23H30N2O2/c1-16(2)13-24(14-17(3)4)23(26)15-25-21-9-7-6-8-19(21)20-11-10-18(27-5)12-22(20)25/h6-12,16-17H,13-15H2,1-5H3. The van der Waals surface area contributed by atoms with Crippen molar-refractivity contribution in [3.05, 3.63) is 42.5 Å². The molecule has 4 heteroatoms. The summed E-state index contributed by atoms with van der Waals surface area (Å²) in [6.45, 7) is 10.6. The zero-order chi connectivity index (χ0) is 19.6. The molecule has 0 fully saturated rings. The van der Waals surface area contributed by atoms with Gasteiger partial charge in [-0.15, -0.1) is 0 Å². The van der Waals surface area contributed by atoms with E-state index in [0.29, 0.717) is 18.4 Å². The molecule has 4 nitrogen and oxygen atoms in total. The molecule has 1 heterocycles. The maximum atomic E-state index is 13.2. The number of amides is 1. The van der Waals surface area contributed by atoms with Crippen LogP contribution in [0.5, 0.6) is 5.75 Å². The van der Waals surface area contributed by atoms with Gasteiger partial charge >= 0.3 is 0 Å². The van der Waals surface area contributed by atoms with Crippen LogP contribution in [0.3, 0.4) is 0 Å².